The molecule has 0 amide bonds. The molecule has 24 heavy (non-hydrogen) atoms. The smallest absolute Gasteiger partial charge is 0.249 e. The zero-order valence-corrected chi connectivity index (χ0v) is 14.7. The van der Waals surface area contributed by atoms with Gasteiger partial charge in [-0.2, -0.15) is 0 Å². The Morgan fingerprint density at radius 2 is 1.92 bits per heavy atom. The van der Waals surface area contributed by atoms with Gasteiger partial charge in [0.2, 0.25) is 17.4 Å². The summed E-state index contributed by atoms with van der Waals surface area (Å²) < 4.78 is 10.9. The van der Waals surface area contributed by atoms with E-state index in [1.165, 1.54) is 0 Å². The minimum atomic E-state index is -0.915. The number of nitrogens with two attached hydrogens (primary N) is 1. The summed E-state index contributed by atoms with van der Waals surface area (Å²) in [5.41, 5.74) is 7.36. The van der Waals surface area contributed by atoms with Crippen molar-refractivity contribution in [3.8, 4) is 0 Å². The molecular formula is C17H13Cl2NO3S. The van der Waals surface area contributed by atoms with Gasteiger partial charge in [0.05, 0.1) is 17.8 Å². The van der Waals surface area contributed by atoms with Crippen LogP contribution in [0, 0.1) is 0 Å². The van der Waals surface area contributed by atoms with Crippen molar-refractivity contribution in [2.24, 2.45) is 5.73 Å². The summed E-state index contributed by atoms with van der Waals surface area (Å²) >= 11 is 13.1. The monoisotopic (exact) mass is 381 g/mol. The molecule has 2 N–H and O–H groups in total. The van der Waals surface area contributed by atoms with Gasteiger partial charge in [-0.15, -0.1) is 0 Å². The Hall–Kier alpha value is -1.82. The van der Waals surface area contributed by atoms with Gasteiger partial charge in [0.15, 0.2) is 6.10 Å². The molecule has 1 unspecified atom stereocenters. The van der Waals surface area contributed by atoms with Crippen molar-refractivity contribution in [2.75, 3.05) is 0 Å². The van der Waals surface area contributed by atoms with Gasteiger partial charge < -0.3 is 14.7 Å². The van der Waals surface area contributed by atoms with Gasteiger partial charge in [-0.3, -0.25) is 4.79 Å². The van der Waals surface area contributed by atoms with Crippen LogP contribution in [0.25, 0.3) is 0 Å². The van der Waals surface area contributed by atoms with E-state index in [4.69, 9.17) is 37.9 Å². The maximum atomic E-state index is 12.5. The highest BCUT2D eigenvalue weighted by Crippen LogP contribution is 2.37. The maximum Gasteiger partial charge on any atom is 0.249 e. The van der Waals surface area contributed by atoms with Crippen LogP contribution in [0.1, 0.15) is 17.2 Å². The van der Waals surface area contributed by atoms with Crippen molar-refractivity contribution in [3.63, 3.8) is 0 Å². The first kappa shape index (κ1) is 17.0. The average Bonchev–Trinajstić information content (AvgIpc) is 2.84. The third-order valence-electron chi connectivity index (χ3n) is 3.39. The summed E-state index contributed by atoms with van der Waals surface area (Å²) in [5, 5.41) is 0.817. The minimum Gasteiger partial charge on any atom is -0.460 e. The van der Waals surface area contributed by atoms with E-state index in [-0.39, 0.29) is 17.4 Å². The van der Waals surface area contributed by atoms with E-state index < -0.39 is 6.10 Å². The maximum absolute atomic E-state index is 12.5. The van der Waals surface area contributed by atoms with Crippen LogP contribution in [0.15, 0.2) is 60.2 Å². The fourth-order valence-corrected chi connectivity index (χ4v) is 3.38. The van der Waals surface area contributed by atoms with E-state index in [1.807, 2.05) is 30.3 Å². The summed E-state index contributed by atoms with van der Waals surface area (Å²) in [6, 6.07) is 14.6. The largest absolute Gasteiger partial charge is 0.460 e. The first-order valence-electron chi connectivity index (χ1n) is 7.05. The molecule has 0 radical (unpaired) electrons. The number of rotatable bonds is 5. The van der Waals surface area contributed by atoms with Crippen LogP contribution in [-0.2, 0) is 19.5 Å². The number of carbonyl (C=O) groups excluding carboxylic acids is 1. The predicted octanol–water partition coefficient (Wildman–Crippen LogP) is 4.63. The highest BCUT2D eigenvalue weighted by molar-refractivity contribution is 7.94. The Bertz CT molecular complexity index is 796. The lowest BCUT2D eigenvalue weighted by Gasteiger charge is -2.11. The molecule has 0 saturated heterocycles. The van der Waals surface area contributed by atoms with Crippen LogP contribution < -0.4 is 5.73 Å². The van der Waals surface area contributed by atoms with Crippen LogP contribution in [-0.4, -0.2) is 5.78 Å². The van der Waals surface area contributed by atoms with Gasteiger partial charge in [0, 0.05) is 15.6 Å². The number of ketones is 1. The number of ether oxygens (including phenoxy) is 1. The van der Waals surface area contributed by atoms with Crippen molar-refractivity contribution in [1.82, 2.24) is 0 Å². The number of hydrogen-bond acceptors (Lipinski definition) is 5. The minimum absolute atomic E-state index is 0.00643. The Morgan fingerprint density at radius 1 is 1.17 bits per heavy atom. The molecular weight excluding hydrogens is 369 g/mol. The number of Topliss-reactive ketones (excluding diaryl/α,β-unsaturated/α-hetero) is 1. The lowest BCUT2D eigenvalue weighted by atomic mass is 10.1. The lowest BCUT2D eigenvalue weighted by Crippen LogP contribution is -2.11. The molecule has 7 heteroatoms. The Morgan fingerprint density at radius 3 is 2.62 bits per heavy atom. The van der Waals surface area contributed by atoms with Crippen molar-refractivity contribution < 1.29 is 13.7 Å². The first-order valence-corrected chi connectivity index (χ1v) is 8.72. The molecule has 2 aromatic rings. The quantitative estimate of drug-likeness (QED) is 0.765. The number of benzene rings is 2. The molecule has 0 aliphatic carbocycles. The Kier molecular flexibility index (Phi) is 5.23. The van der Waals surface area contributed by atoms with E-state index in [0.29, 0.717) is 21.4 Å². The topological polar surface area (TPSA) is 61.5 Å². The molecule has 1 atom stereocenters. The fraction of sp³-hybridized carbons (Fsp3) is 0.118. The van der Waals surface area contributed by atoms with E-state index in [1.54, 1.807) is 18.2 Å². The van der Waals surface area contributed by atoms with Gasteiger partial charge >= 0.3 is 0 Å². The fourth-order valence-electron chi connectivity index (χ4n) is 2.21. The van der Waals surface area contributed by atoms with Gasteiger partial charge in [0.1, 0.15) is 0 Å². The molecule has 2 aromatic carbocycles. The highest BCUT2D eigenvalue weighted by atomic mass is 35.5. The molecule has 124 valence electrons. The zero-order valence-electron chi connectivity index (χ0n) is 12.4. The molecule has 1 aliphatic heterocycles. The Labute approximate surface area is 153 Å². The van der Waals surface area contributed by atoms with Crippen LogP contribution in [0.2, 0.25) is 10.0 Å². The zero-order chi connectivity index (χ0) is 17.1. The molecule has 0 fully saturated rings. The Balaban J connectivity index is 1.67. The summed E-state index contributed by atoms with van der Waals surface area (Å²) in [6.07, 6.45) is -0.915. The van der Waals surface area contributed by atoms with Crippen LogP contribution in [0.5, 0.6) is 0 Å². The SMILES string of the molecule is NC1=C(OSCc2ccccc2)C(=O)C(c2ccc(Cl)cc2Cl)O1. The van der Waals surface area contributed by atoms with Crippen LogP contribution in [0.3, 0.4) is 0 Å². The van der Waals surface area contributed by atoms with Crippen molar-refractivity contribution in [3.05, 3.63) is 81.3 Å². The molecule has 0 saturated carbocycles. The first-order chi connectivity index (χ1) is 11.6. The van der Waals surface area contributed by atoms with E-state index in [2.05, 4.69) is 0 Å². The van der Waals surface area contributed by atoms with Gasteiger partial charge in [-0.25, -0.2) is 0 Å². The van der Waals surface area contributed by atoms with E-state index >= 15 is 0 Å². The highest BCUT2D eigenvalue weighted by Gasteiger charge is 2.38. The van der Waals surface area contributed by atoms with Crippen LogP contribution in [0.4, 0.5) is 0 Å². The second-order valence-electron chi connectivity index (χ2n) is 5.05. The van der Waals surface area contributed by atoms with Crippen molar-refractivity contribution in [1.29, 1.82) is 0 Å². The number of carbonyl (C=O) groups is 1. The van der Waals surface area contributed by atoms with Gasteiger partial charge in [-0.05, 0) is 17.7 Å². The standard InChI is InChI=1S/C17H13Cl2NO3S/c18-11-6-7-12(13(19)8-11)15-14(21)16(17(20)22-15)23-24-9-10-4-2-1-3-5-10/h1-8,15H,9,20H2. The van der Waals surface area contributed by atoms with Gasteiger partial charge in [0.25, 0.3) is 0 Å². The van der Waals surface area contributed by atoms with E-state index in [9.17, 15) is 4.79 Å². The number of halogens is 2. The molecule has 1 heterocycles. The second kappa shape index (κ2) is 7.38. The summed E-state index contributed by atoms with van der Waals surface area (Å²) in [5.74, 6) is 0.179. The van der Waals surface area contributed by atoms with Gasteiger partial charge in [-0.1, -0.05) is 59.6 Å². The average molecular weight is 382 g/mol. The molecule has 3 rings (SSSR count). The van der Waals surface area contributed by atoms with Crippen molar-refractivity contribution >= 4 is 41.0 Å². The third-order valence-corrected chi connectivity index (χ3v) is 4.68. The second-order valence-corrected chi connectivity index (χ2v) is 6.59. The number of hydrogen-bond donors (Lipinski definition) is 1. The molecule has 1 aliphatic rings. The summed E-state index contributed by atoms with van der Waals surface area (Å²) in [7, 11) is 0. The molecule has 4 nitrogen and oxygen atoms in total. The summed E-state index contributed by atoms with van der Waals surface area (Å²) in [6.45, 7) is 0. The third kappa shape index (κ3) is 3.64. The van der Waals surface area contributed by atoms with Crippen LogP contribution >= 0.6 is 35.2 Å². The molecule has 0 aromatic heterocycles. The van der Waals surface area contributed by atoms with E-state index in [0.717, 1.165) is 17.6 Å². The predicted molar refractivity (Wildman–Crippen MR) is 95.3 cm³/mol. The molecule has 0 bridgehead atoms. The lowest BCUT2D eigenvalue weighted by molar-refractivity contribution is -0.122. The molecule has 0 spiro atoms. The summed E-state index contributed by atoms with van der Waals surface area (Å²) in [4.78, 5) is 12.5. The normalized spacial score (nSPS) is 17.1. The van der Waals surface area contributed by atoms with Crippen molar-refractivity contribution in [2.45, 2.75) is 11.9 Å².